The summed E-state index contributed by atoms with van der Waals surface area (Å²) in [6, 6.07) is 7.25. The van der Waals surface area contributed by atoms with Crippen molar-refractivity contribution in [3.8, 4) is 0 Å². The first kappa shape index (κ1) is 16.5. The number of nitrogens with two attached hydrogens (primary N) is 1. The van der Waals surface area contributed by atoms with Crippen molar-refractivity contribution in [2.24, 2.45) is 0 Å². The number of likely N-dealkylation sites (N-methyl/N-ethyl adjacent to an activating group) is 1. The molecule has 0 fully saturated rings. The van der Waals surface area contributed by atoms with E-state index in [0.717, 1.165) is 5.56 Å². The smallest absolute Gasteiger partial charge is 0.324 e. The van der Waals surface area contributed by atoms with Crippen molar-refractivity contribution in [1.29, 1.82) is 0 Å². The Bertz CT molecular complexity index is 452. The van der Waals surface area contributed by atoms with Crippen molar-refractivity contribution in [2.45, 2.75) is 52.2 Å². The standard InChI is InChI=1S/C16H26N2O2/c1-6-18-14(15(19)20-16(3,4)5)11(2)12-8-7-9-13(17)10-12/h7-11,14,18H,6,17H2,1-5H3. The largest absolute Gasteiger partial charge is 0.459 e. The van der Waals surface area contributed by atoms with Gasteiger partial charge in [0.25, 0.3) is 0 Å². The van der Waals surface area contributed by atoms with Crippen molar-refractivity contribution in [3.05, 3.63) is 29.8 Å². The van der Waals surface area contributed by atoms with E-state index in [1.165, 1.54) is 0 Å². The van der Waals surface area contributed by atoms with E-state index in [0.29, 0.717) is 12.2 Å². The van der Waals surface area contributed by atoms with Gasteiger partial charge in [-0.2, -0.15) is 0 Å². The molecule has 1 aromatic carbocycles. The summed E-state index contributed by atoms with van der Waals surface area (Å²) in [6.07, 6.45) is 0. The summed E-state index contributed by atoms with van der Waals surface area (Å²) in [4.78, 5) is 12.3. The molecule has 0 saturated carbocycles. The van der Waals surface area contributed by atoms with Gasteiger partial charge >= 0.3 is 5.97 Å². The third kappa shape index (κ3) is 4.85. The molecule has 0 saturated heterocycles. The Kier molecular flexibility index (Phi) is 5.57. The van der Waals surface area contributed by atoms with Crippen molar-refractivity contribution in [2.75, 3.05) is 12.3 Å². The highest BCUT2D eigenvalue weighted by atomic mass is 16.6. The molecule has 4 nitrogen and oxygen atoms in total. The highest BCUT2D eigenvalue weighted by Gasteiger charge is 2.29. The van der Waals surface area contributed by atoms with Crippen LogP contribution in [0.15, 0.2) is 24.3 Å². The minimum atomic E-state index is -0.486. The number of hydrogen-bond acceptors (Lipinski definition) is 4. The summed E-state index contributed by atoms with van der Waals surface area (Å²) >= 11 is 0. The molecule has 2 unspecified atom stereocenters. The molecule has 1 rings (SSSR count). The lowest BCUT2D eigenvalue weighted by molar-refractivity contribution is -0.158. The van der Waals surface area contributed by atoms with Crippen LogP contribution in [-0.2, 0) is 9.53 Å². The van der Waals surface area contributed by atoms with Gasteiger partial charge in [0.2, 0.25) is 0 Å². The molecule has 2 atom stereocenters. The number of esters is 1. The highest BCUT2D eigenvalue weighted by molar-refractivity contribution is 5.77. The van der Waals surface area contributed by atoms with Gasteiger partial charge < -0.3 is 15.8 Å². The summed E-state index contributed by atoms with van der Waals surface area (Å²) in [5, 5.41) is 3.21. The third-order valence-corrected chi connectivity index (χ3v) is 3.02. The molecule has 0 aliphatic rings. The van der Waals surface area contributed by atoms with E-state index in [9.17, 15) is 4.79 Å². The molecule has 0 aromatic heterocycles. The maximum Gasteiger partial charge on any atom is 0.324 e. The topological polar surface area (TPSA) is 64.3 Å². The van der Waals surface area contributed by atoms with Gasteiger partial charge in [-0.15, -0.1) is 0 Å². The van der Waals surface area contributed by atoms with E-state index in [-0.39, 0.29) is 17.9 Å². The van der Waals surface area contributed by atoms with Crippen molar-refractivity contribution in [1.82, 2.24) is 5.32 Å². The molecule has 112 valence electrons. The number of carbonyl (C=O) groups is 1. The molecule has 0 amide bonds. The molecule has 20 heavy (non-hydrogen) atoms. The maximum atomic E-state index is 12.3. The lowest BCUT2D eigenvalue weighted by Crippen LogP contribution is -2.44. The average Bonchev–Trinajstić information content (AvgIpc) is 2.33. The fourth-order valence-electron chi connectivity index (χ4n) is 2.08. The summed E-state index contributed by atoms with van der Waals surface area (Å²) < 4.78 is 5.49. The quantitative estimate of drug-likeness (QED) is 0.642. The number of nitrogens with one attached hydrogen (secondary N) is 1. The van der Waals surface area contributed by atoms with Gasteiger partial charge in [-0.05, 0) is 45.0 Å². The van der Waals surface area contributed by atoms with Gasteiger partial charge in [-0.1, -0.05) is 26.0 Å². The molecule has 0 radical (unpaired) electrons. The summed E-state index contributed by atoms with van der Waals surface area (Å²) in [7, 11) is 0. The Morgan fingerprint density at radius 3 is 2.55 bits per heavy atom. The third-order valence-electron chi connectivity index (χ3n) is 3.02. The van der Waals surface area contributed by atoms with Crippen LogP contribution >= 0.6 is 0 Å². The van der Waals surface area contributed by atoms with Crippen LogP contribution in [0.1, 0.15) is 46.1 Å². The number of hydrogen-bond donors (Lipinski definition) is 2. The van der Waals surface area contributed by atoms with Crippen LogP contribution in [0, 0.1) is 0 Å². The second kappa shape index (κ2) is 6.75. The molecule has 0 bridgehead atoms. The molecule has 0 heterocycles. The van der Waals surface area contributed by atoms with Crippen molar-refractivity contribution < 1.29 is 9.53 Å². The van der Waals surface area contributed by atoms with Crippen LogP contribution in [0.3, 0.4) is 0 Å². The second-order valence-electron chi connectivity index (χ2n) is 6.03. The molecule has 0 spiro atoms. The van der Waals surface area contributed by atoms with Gasteiger partial charge in [0, 0.05) is 11.6 Å². The van der Waals surface area contributed by atoms with Gasteiger partial charge in [0.05, 0.1) is 0 Å². The highest BCUT2D eigenvalue weighted by Crippen LogP contribution is 2.23. The first-order valence-electron chi connectivity index (χ1n) is 7.06. The van der Waals surface area contributed by atoms with Crippen LogP contribution < -0.4 is 11.1 Å². The minimum absolute atomic E-state index is 0.00620. The van der Waals surface area contributed by atoms with Crippen molar-refractivity contribution in [3.63, 3.8) is 0 Å². The number of rotatable bonds is 5. The van der Waals surface area contributed by atoms with E-state index in [1.54, 1.807) is 0 Å². The van der Waals surface area contributed by atoms with E-state index in [4.69, 9.17) is 10.5 Å². The molecule has 0 aliphatic heterocycles. The molecule has 0 aliphatic carbocycles. The average molecular weight is 278 g/mol. The van der Waals surface area contributed by atoms with E-state index < -0.39 is 5.60 Å². The fourth-order valence-corrected chi connectivity index (χ4v) is 2.08. The molecule has 4 heteroatoms. The molecular weight excluding hydrogens is 252 g/mol. The maximum absolute atomic E-state index is 12.3. The van der Waals surface area contributed by atoms with Crippen LogP contribution in [-0.4, -0.2) is 24.2 Å². The van der Waals surface area contributed by atoms with Gasteiger partial charge in [-0.25, -0.2) is 0 Å². The summed E-state index contributed by atoms with van der Waals surface area (Å²) in [6.45, 7) is 10.3. The Labute approximate surface area is 121 Å². The number of carbonyl (C=O) groups excluding carboxylic acids is 1. The van der Waals surface area contributed by atoms with Gasteiger partial charge in [-0.3, -0.25) is 4.79 Å². The zero-order valence-electron chi connectivity index (χ0n) is 13.1. The van der Waals surface area contributed by atoms with Gasteiger partial charge in [0.1, 0.15) is 11.6 Å². The fraction of sp³-hybridized carbons (Fsp3) is 0.562. The van der Waals surface area contributed by atoms with E-state index >= 15 is 0 Å². The Balaban J connectivity index is 2.92. The Morgan fingerprint density at radius 2 is 2.05 bits per heavy atom. The summed E-state index contributed by atoms with van der Waals surface area (Å²) in [5.74, 6) is -0.234. The normalized spacial score (nSPS) is 14.7. The first-order valence-corrected chi connectivity index (χ1v) is 7.06. The lowest BCUT2D eigenvalue weighted by Gasteiger charge is -2.28. The van der Waals surface area contributed by atoms with E-state index in [1.807, 2.05) is 58.9 Å². The number of ether oxygens (including phenoxy) is 1. The zero-order valence-corrected chi connectivity index (χ0v) is 13.1. The molecule has 1 aromatic rings. The minimum Gasteiger partial charge on any atom is -0.459 e. The second-order valence-corrected chi connectivity index (χ2v) is 6.03. The monoisotopic (exact) mass is 278 g/mol. The predicted octanol–water partition coefficient (Wildman–Crippen LogP) is 2.69. The molecular formula is C16H26N2O2. The van der Waals surface area contributed by atoms with Crippen LogP contribution in [0.2, 0.25) is 0 Å². The van der Waals surface area contributed by atoms with Crippen LogP contribution in [0.5, 0.6) is 0 Å². The summed E-state index contributed by atoms with van der Waals surface area (Å²) in [5.41, 5.74) is 7.06. The SMILES string of the molecule is CCNC(C(=O)OC(C)(C)C)C(C)c1cccc(N)c1. The molecule has 3 N–H and O–H groups in total. The first-order chi connectivity index (χ1) is 9.24. The number of anilines is 1. The van der Waals surface area contributed by atoms with Crippen molar-refractivity contribution >= 4 is 11.7 Å². The Hall–Kier alpha value is -1.55. The zero-order chi connectivity index (χ0) is 15.3. The van der Waals surface area contributed by atoms with Gasteiger partial charge in [0.15, 0.2) is 0 Å². The predicted molar refractivity (Wildman–Crippen MR) is 82.6 cm³/mol. The van der Waals surface area contributed by atoms with E-state index in [2.05, 4.69) is 5.32 Å². The van der Waals surface area contributed by atoms with Crippen LogP contribution in [0.4, 0.5) is 5.69 Å². The number of benzene rings is 1. The van der Waals surface area contributed by atoms with Crippen LogP contribution in [0.25, 0.3) is 0 Å². The Morgan fingerprint density at radius 1 is 1.40 bits per heavy atom. The number of nitrogen functional groups attached to an aromatic ring is 1. The lowest BCUT2D eigenvalue weighted by atomic mass is 9.92.